The molecule has 0 aliphatic rings. The molecule has 0 saturated carbocycles. The molecule has 2 amide bonds. The fourth-order valence-corrected chi connectivity index (χ4v) is 3.12. The highest BCUT2D eigenvalue weighted by Crippen LogP contribution is 2.20. The van der Waals surface area contributed by atoms with Crippen LogP contribution < -0.4 is 10.2 Å². The Morgan fingerprint density at radius 1 is 0.833 bits per heavy atom. The largest absolute Gasteiger partial charge is 0.356 e. The number of rotatable bonds is 8. The number of anilines is 1. The second-order valence-corrected chi connectivity index (χ2v) is 6.95. The summed E-state index contributed by atoms with van der Waals surface area (Å²) in [5.41, 5.74) is 3.73. The molecule has 0 radical (unpaired) electrons. The van der Waals surface area contributed by atoms with Gasteiger partial charge in [-0.2, -0.15) is 0 Å². The highest BCUT2D eigenvalue weighted by atomic mass is 16.2. The van der Waals surface area contributed by atoms with Gasteiger partial charge >= 0.3 is 0 Å². The molecule has 0 heterocycles. The van der Waals surface area contributed by atoms with Crippen molar-refractivity contribution in [2.45, 2.75) is 19.9 Å². The fraction of sp³-hybridized carbons (Fsp3) is 0.154. The summed E-state index contributed by atoms with van der Waals surface area (Å²) in [6, 6.07) is 27.2. The molecule has 0 fully saturated rings. The number of amides is 2. The van der Waals surface area contributed by atoms with E-state index < -0.39 is 0 Å². The topological polar surface area (TPSA) is 49.4 Å². The summed E-state index contributed by atoms with van der Waals surface area (Å²) >= 11 is 0. The molecule has 0 atom stereocenters. The number of likely N-dealkylation sites (N-methyl/N-ethyl adjacent to an activating group) is 1. The average molecular weight is 399 g/mol. The Balaban J connectivity index is 1.81. The SMILES string of the molecule is CCNC(=O)Cc1ccc(N(Cc2ccccc2)C(=O)C=Cc2ccccc2)cc1. The van der Waals surface area contributed by atoms with Crippen molar-refractivity contribution in [3.63, 3.8) is 0 Å². The molecule has 0 aliphatic carbocycles. The zero-order valence-electron chi connectivity index (χ0n) is 17.1. The van der Waals surface area contributed by atoms with E-state index in [1.165, 1.54) is 0 Å². The van der Waals surface area contributed by atoms with Crippen LogP contribution in [0.3, 0.4) is 0 Å². The number of carbonyl (C=O) groups is 2. The van der Waals surface area contributed by atoms with Gasteiger partial charge in [0.1, 0.15) is 0 Å². The van der Waals surface area contributed by atoms with Crippen molar-refractivity contribution in [1.82, 2.24) is 5.32 Å². The van der Waals surface area contributed by atoms with Crippen molar-refractivity contribution in [2.75, 3.05) is 11.4 Å². The van der Waals surface area contributed by atoms with Crippen LogP contribution in [0.5, 0.6) is 0 Å². The molecule has 3 rings (SSSR count). The van der Waals surface area contributed by atoms with Crippen LogP contribution in [-0.2, 0) is 22.6 Å². The first-order chi connectivity index (χ1) is 14.7. The van der Waals surface area contributed by atoms with Gasteiger partial charge in [-0.3, -0.25) is 9.59 Å². The predicted molar refractivity (Wildman–Crippen MR) is 122 cm³/mol. The Labute approximate surface area is 177 Å². The van der Waals surface area contributed by atoms with Crippen LogP contribution in [-0.4, -0.2) is 18.4 Å². The zero-order valence-corrected chi connectivity index (χ0v) is 17.1. The summed E-state index contributed by atoms with van der Waals surface area (Å²) in [5.74, 6) is -0.104. The lowest BCUT2D eigenvalue weighted by Gasteiger charge is -2.22. The minimum atomic E-state index is -0.0980. The van der Waals surface area contributed by atoms with E-state index in [9.17, 15) is 9.59 Å². The van der Waals surface area contributed by atoms with Crippen molar-refractivity contribution in [3.8, 4) is 0 Å². The van der Waals surface area contributed by atoms with Crippen LogP contribution in [0.15, 0.2) is 91.0 Å². The molecular formula is C26H26N2O2. The summed E-state index contributed by atoms with van der Waals surface area (Å²) in [6.07, 6.45) is 3.75. The molecule has 4 heteroatoms. The van der Waals surface area contributed by atoms with E-state index in [1.807, 2.05) is 97.9 Å². The molecule has 0 spiro atoms. The van der Waals surface area contributed by atoms with Crippen LogP contribution in [0.25, 0.3) is 6.08 Å². The fourth-order valence-electron chi connectivity index (χ4n) is 3.12. The van der Waals surface area contributed by atoms with Crippen LogP contribution in [0, 0.1) is 0 Å². The van der Waals surface area contributed by atoms with Crippen molar-refractivity contribution in [1.29, 1.82) is 0 Å². The van der Waals surface area contributed by atoms with Crippen molar-refractivity contribution < 1.29 is 9.59 Å². The number of nitrogens with one attached hydrogen (secondary N) is 1. The van der Waals surface area contributed by atoms with Gasteiger partial charge in [0.05, 0.1) is 13.0 Å². The lowest BCUT2D eigenvalue weighted by Crippen LogP contribution is -2.28. The van der Waals surface area contributed by atoms with Crippen molar-refractivity contribution >= 4 is 23.6 Å². The van der Waals surface area contributed by atoms with E-state index >= 15 is 0 Å². The molecule has 1 N–H and O–H groups in total. The lowest BCUT2D eigenvalue weighted by atomic mass is 10.1. The molecule has 0 unspecified atom stereocenters. The normalized spacial score (nSPS) is 10.7. The third-order valence-corrected chi connectivity index (χ3v) is 4.65. The maximum absolute atomic E-state index is 13.0. The first kappa shape index (κ1) is 21.1. The zero-order chi connectivity index (χ0) is 21.2. The monoisotopic (exact) mass is 398 g/mol. The number of hydrogen-bond acceptors (Lipinski definition) is 2. The first-order valence-electron chi connectivity index (χ1n) is 10.1. The van der Waals surface area contributed by atoms with Gasteiger partial charge in [0.15, 0.2) is 0 Å². The van der Waals surface area contributed by atoms with E-state index in [2.05, 4.69) is 5.32 Å². The van der Waals surface area contributed by atoms with Crippen molar-refractivity contribution in [3.05, 3.63) is 108 Å². The first-order valence-corrected chi connectivity index (χ1v) is 10.1. The van der Waals surface area contributed by atoms with Crippen molar-refractivity contribution in [2.24, 2.45) is 0 Å². The smallest absolute Gasteiger partial charge is 0.251 e. The quantitative estimate of drug-likeness (QED) is 0.563. The summed E-state index contributed by atoms with van der Waals surface area (Å²) in [6.45, 7) is 2.98. The second kappa shape index (κ2) is 10.8. The minimum Gasteiger partial charge on any atom is -0.356 e. The van der Waals surface area contributed by atoms with E-state index in [0.717, 1.165) is 22.4 Å². The van der Waals surface area contributed by atoms with Gasteiger partial charge in [-0.15, -0.1) is 0 Å². The number of carbonyl (C=O) groups excluding carboxylic acids is 2. The summed E-state index contributed by atoms with van der Waals surface area (Å²) in [4.78, 5) is 26.6. The molecule has 0 aromatic heterocycles. The highest BCUT2D eigenvalue weighted by molar-refractivity contribution is 6.03. The molecule has 4 nitrogen and oxygen atoms in total. The van der Waals surface area contributed by atoms with Gasteiger partial charge in [0.2, 0.25) is 5.91 Å². The standard InChI is InChI=1S/C26H26N2O2/c1-2-27-25(29)19-22-13-16-24(17-14-22)28(20-23-11-7-4-8-12-23)26(30)18-15-21-9-5-3-6-10-21/h3-18H,2,19-20H2,1H3,(H,27,29). The Hall–Kier alpha value is -3.66. The van der Waals surface area contributed by atoms with E-state index in [4.69, 9.17) is 0 Å². The van der Waals surface area contributed by atoms with Gasteiger partial charge in [0.25, 0.3) is 5.91 Å². The molecule has 0 saturated heterocycles. The summed E-state index contributed by atoms with van der Waals surface area (Å²) in [5, 5.41) is 2.80. The molecular weight excluding hydrogens is 372 g/mol. The summed E-state index contributed by atoms with van der Waals surface area (Å²) < 4.78 is 0. The average Bonchev–Trinajstić information content (AvgIpc) is 2.78. The molecule has 30 heavy (non-hydrogen) atoms. The second-order valence-electron chi connectivity index (χ2n) is 6.95. The van der Waals surface area contributed by atoms with Gasteiger partial charge in [-0.1, -0.05) is 72.8 Å². The third-order valence-electron chi connectivity index (χ3n) is 4.65. The minimum absolute atomic E-state index is 0.00624. The Bertz CT molecular complexity index is 981. The number of benzene rings is 3. The Kier molecular flexibility index (Phi) is 7.56. The molecule has 3 aromatic carbocycles. The van der Waals surface area contributed by atoms with E-state index in [0.29, 0.717) is 19.5 Å². The lowest BCUT2D eigenvalue weighted by molar-refractivity contribution is -0.120. The van der Waals surface area contributed by atoms with E-state index in [-0.39, 0.29) is 11.8 Å². The number of nitrogens with zero attached hydrogens (tertiary/aromatic N) is 1. The predicted octanol–water partition coefficient (Wildman–Crippen LogP) is 4.61. The van der Waals surface area contributed by atoms with Gasteiger partial charge < -0.3 is 10.2 Å². The van der Waals surface area contributed by atoms with E-state index in [1.54, 1.807) is 11.0 Å². The Morgan fingerprint density at radius 2 is 1.47 bits per heavy atom. The maximum atomic E-state index is 13.0. The third kappa shape index (κ3) is 6.17. The molecule has 152 valence electrons. The Morgan fingerprint density at radius 3 is 2.10 bits per heavy atom. The van der Waals surface area contributed by atoms with Crippen LogP contribution in [0.2, 0.25) is 0 Å². The highest BCUT2D eigenvalue weighted by Gasteiger charge is 2.14. The molecule has 0 aliphatic heterocycles. The molecule has 0 bridgehead atoms. The summed E-state index contributed by atoms with van der Waals surface area (Å²) in [7, 11) is 0. The molecule has 3 aromatic rings. The van der Waals surface area contributed by atoms with Crippen LogP contribution >= 0.6 is 0 Å². The van der Waals surface area contributed by atoms with Gasteiger partial charge in [-0.05, 0) is 41.8 Å². The van der Waals surface area contributed by atoms with Crippen LogP contribution in [0.4, 0.5) is 5.69 Å². The maximum Gasteiger partial charge on any atom is 0.251 e. The van der Waals surface area contributed by atoms with Crippen LogP contribution in [0.1, 0.15) is 23.6 Å². The van der Waals surface area contributed by atoms with Gasteiger partial charge in [0, 0.05) is 18.3 Å². The number of hydrogen-bond donors (Lipinski definition) is 1. The van der Waals surface area contributed by atoms with Gasteiger partial charge in [-0.25, -0.2) is 0 Å².